The van der Waals surface area contributed by atoms with Crippen LogP contribution in [-0.4, -0.2) is 45.5 Å². The highest BCUT2D eigenvalue weighted by Crippen LogP contribution is 2.37. The van der Waals surface area contributed by atoms with E-state index in [1.165, 1.54) is 76.9 Å². The van der Waals surface area contributed by atoms with Crippen LogP contribution in [0.4, 0.5) is 26.3 Å². The topological polar surface area (TPSA) is 115 Å². The molecule has 0 aliphatic heterocycles. The fraction of sp³-hybridized carbons (Fsp3) is 0.133. The van der Waals surface area contributed by atoms with Gasteiger partial charge in [0.15, 0.2) is 11.3 Å². The molecule has 46 heavy (non-hydrogen) atoms. The highest BCUT2D eigenvalue weighted by atomic mass is 35.5. The maximum Gasteiger partial charge on any atom is 0.417 e. The Labute approximate surface area is 259 Å². The maximum atomic E-state index is 13.1. The van der Waals surface area contributed by atoms with Crippen molar-refractivity contribution in [3.05, 3.63) is 107 Å². The second-order valence-electron chi connectivity index (χ2n) is 9.75. The van der Waals surface area contributed by atoms with Crippen LogP contribution in [0.25, 0.3) is 33.8 Å². The van der Waals surface area contributed by atoms with E-state index in [2.05, 4.69) is 20.2 Å². The van der Waals surface area contributed by atoms with E-state index in [0.29, 0.717) is 5.69 Å². The van der Waals surface area contributed by atoms with Crippen molar-refractivity contribution in [3.63, 3.8) is 0 Å². The molecule has 16 heteroatoms. The number of fused-ring (bicyclic) bond motifs is 2. The van der Waals surface area contributed by atoms with E-state index in [-0.39, 0.29) is 50.6 Å². The molecule has 0 spiro atoms. The van der Waals surface area contributed by atoms with Crippen molar-refractivity contribution in [2.75, 3.05) is 0 Å². The van der Waals surface area contributed by atoms with Crippen LogP contribution in [0.2, 0.25) is 0 Å². The van der Waals surface area contributed by atoms with Gasteiger partial charge in [0.25, 0.3) is 5.24 Å². The third-order valence-electron chi connectivity index (χ3n) is 6.75. The molecule has 0 unspecified atom stereocenters. The largest absolute Gasteiger partial charge is 0.477 e. The van der Waals surface area contributed by atoms with E-state index in [1.807, 2.05) is 0 Å². The van der Waals surface area contributed by atoms with Crippen molar-refractivity contribution in [1.82, 2.24) is 29.2 Å². The Morgan fingerprint density at radius 3 is 1.46 bits per heavy atom. The van der Waals surface area contributed by atoms with Crippen molar-refractivity contribution < 1.29 is 41.0 Å². The number of hydrogen-bond donors (Lipinski definition) is 1. The quantitative estimate of drug-likeness (QED) is 0.154. The van der Waals surface area contributed by atoms with Gasteiger partial charge in [-0.05, 0) is 49.7 Å². The molecule has 9 nitrogen and oxygen atoms in total. The van der Waals surface area contributed by atoms with Crippen LogP contribution in [0.15, 0.2) is 73.1 Å². The number of rotatable bonds is 4. The van der Waals surface area contributed by atoms with Crippen LogP contribution >= 0.6 is 11.6 Å². The Kier molecular flexibility index (Phi) is 8.30. The number of carbonyl (C=O) groups excluding carboxylic acids is 1. The number of carboxylic acid groups (broad SMARTS) is 1. The second kappa shape index (κ2) is 11.9. The molecule has 6 rings (SSSR count). The number of aromatic nitrogens is 6. The molecule has 0 saturated heterocycles. The molecule has 236 valence electrons. The first kappa shape index (κ1) is 32.1. The number of alkyl halides is 6. The minimum Gasteiger partial charge on any atom is -0.477 e. The van der Waals surface area contributed by atoms with E-state index in [1.54, 1.807) is 6.92 Å². The number of hydrogen-bond acceptors (Lipinski definition) is 6. The number of halogens is 7. The van der Waals surface area contributed by atoms with Crippen LogP contribution in [0.1, 0.15) is 43.2 Å². The van der Waals surface area contributed by atoms with Crippen LogP contribution in [0.5, 0.6) is 0 Å². The summed E-state index contributed by atoms with van der Waals surface area (Å²) in [7, 11) is 0. The van der Waals surface area contributed by atoms with E-state index in [4.69, 9.17) is 11.6 Å². The van der Waals surface area contributed by atoms with Gasteiger partial charge in [0, 0.05) is 23.5 Å². The molecule has 2 aromatic carbocycles. The number of benzene rings is 2. The van der Waals surface area contributed by atoms with Crippen molar-refractivity contribution in [1.29, 1.82) is 0 Å². The minimum atomic E-state index is -4.53. The predicted molar refractivity (Wildman–Crippen MR) is 153 cm³/mol. The SMILES string of the molecule is Cc1nn2ccc(-c3ccccc3C(F)(F)F)nc2c1C(=O)Cl.Cc1nn2ccc(-c3ccccc3C(F)(F)F)nc2c1C(=O)O. The normalized spacial score (nSPS) is 11.8. The third-order valence-corrected chi connectivity index (χ3v) is 6.94. The summed E-state index contributed by atoms with van der Waals surface area (Å²) in [5.74, 6) is -1.23. The average molecular weight is 661 g/mol. The number of nitrogens with zero attached hydrogens (tertiary/aromatic N) is 6. The van der Waals surface area contributed by atoms with Crippen molar-refractivity contribution in [2.45, 2.75) is 26.2 Å². The van der Waals surface area contributed by atoms with Crippen molar-refractivity contribution in [3.8, 4) is 22.5 Å². The molecule has 1 N–H and O–H groups in total. The fourth-order valence-electron chi connectivity index (χ4n) is 4.77. The number of carbonyl (C=O) groups is 2. The zero-order chi connectivity index (χ0) is 33.6. The molecular weight excluding hydrogens is 642 g/mol. The van der Waals surface area contributed by atoms with Gasteiger partial charge in [-0.3, -0.25) is 4.79 Å². The number of carboxylic acids is 1. The van der Waals surface area contributed by atoms with E-state index >= 15 is 0 Å². The highest BCUT2D eigenvalue weighted by Gasteiger charge is 2.35. The lowest BCUT2D eigenvalue weighted by Gasteiger charge is -2.12. The molecule has 0 amide bonds. The number of aromatic carboxylic acids is 1. The molecule has 0 bridgehead atoms. The Morgan fingerprint density at radius 1 is 0.674 bits per heavy atom. The van der Waals surface area contributed by atoms with E-state index < -0.39 is 34.7 Å². The molecule has 0 aliphatic rings. The molecule has 0 atom stereocenters. The zero-order valence-electron chi connectivity index (χ0n) is 23.5. The summed E-state index contributed by atoms with van der Waals surface area (Å²) in [6, 6.07) is 12.9. The molecule has 0 aliphatic carbocycles. The lowest BCUT2D eigenvalue weighted by atomic mass is 10.0. The summed E-state index contributed by atoms with van der Waals surface area (Å²) in [6.45, 7) is 3.08. The van der Waals surface area contributed by atoms with Crippen molar-refractivity contribution in [2.24, 2.45) is 0 Å². The summed E-state index contributed by atoms with van der Waals surface area (Å²) >= 11 is 5.52. The zero-order valence-corrected chi connectivity index (χ0v) is 24.3. The Morgan fingerprint density at radius 2 is 1.07 bits per heavy atom. The second-order valence-corrected chi connectivity index (χ2v) is 10.1. The minimum absolute atomic E-state index is 0.00415. The van der Waals surface area contributed by atoms with Crippen LogP contribution in [0.3, 0.4) is 0 Å². The van der Waals surface area contributed by atoms with Crippen LogP contribution in [-0.2, 0) is 12.4 Å². The summed E-state index contributed by atoms with van der Waals surface area (Å²) in [5.41, 5.74) is -1.01. The third kappa shape index (κ3) is 6.13. The van der Waals surface area contributed by atoms with Gasteiger partial charge in [0.1, 0.15) is 11.1 Å². The van der Waals surface area contributed by atoms with Gasteiger partial charge in [-0.15, -0.1) is 0 Å². The maximum absolute atomic E-state index is 13.1. The van der Waals surface area contributed by atoms with Gasteiger partial charge in [0.05, 0.1) is 33.9 Å². The fourth-order valence-corrected chi connectivity index (χ4v) is 4.99. The molecule has 4 heterocycles. The summed E-state index contributed by atoms with van der Waals surface area (Å²) in [5, 5.41) is 16.5. The molecular formula is C30H19ClF6N6O3. The van der Waals surface area contributed by atoms with Gasteiger partial charge in [-0.25, -0.2) is 23.8 Å². The molecule has 0 saturated carbocycles. The highest BCUT2D eigenvalue weighted by molar-refractivity contribution is 6.68. The summed E-state index contributed by atoms with van der Waals surface area (Å²) < 4.78 is 81.3. The van der Waals surface area contributed by atoms with Crippen LogP contribution < -0.4 is 0 Å². The predicted octanol–water partition coefficient (Wildman–Crippen LogP) is 7.52. The number of aryl methyl sites for hydroxylation is 2. The monoisotopic (exact) mass is 660 g/mol. The molecule has 6 aromatic rings. The lowest BCUT2D eigenvalue weighted by Crippen LogP contribution is -2.08. The van der Waals surface area contributed by atoms with E-state index in [9.17, 15) is 41.0 Å². The molecule has 0 fully saturated rings. The van der Waals surface area contributed by atoms with Gasteiger partial charge < -0.3 is 5.11 Å². The smallest absolute Gasteiger partial charge is 0.417 e. The van der Waals surface area contributed by atoms with Gasteiger partial charge in [-0.2, -0.15) is 36.5 Å². The molecule has 4 aromatic heterocycles. The molecule has 0 radical (unpaired) electrons. The van der Waals surface area contributed by atoms with Crippen molar-refractivity contribution >= 4 is 34.1 Å². The van der Waals surface area contributed by atoms with Gasteiger partial charge in [-0.1, -0.05) is 36.4 Å². The lowest BCUT2D eigenvalue weighted by molar-refractivity contribution is -0.137. The first-order chi connectivity index (χ1) is 21.6. The first-order valence-corrected chi connectivity index (χ1v) is 13.4. The average Bonchev–Trinajstić information content (AvgIpc) is 3.50. The Hall–Kier alpha value is -5.31. The Balaban J connectivity index is 0.000000181. The summed E-state index contributed by atoms with van der Waals surface area (Å²) in [4.78, 5) is 31.0. The Bertz CT molecular complexity index is 1990. The standard InChI is InChI=1S/C15H9ClF3N3O.C15H10F3N3O2/c1-8-12(13(16)23)14-20-11(6-7-22(14)21-8)9-4-2-3-5-10(9)15(17,18)19;1-8-12(14(22)23)13-19-11(6-7-21(13)20-8)9-4-2-3-5-10(9)15(16,17)18/h2-7H,1H3;2-7H,1H3,(H,22,23). The van der Waals surface area contributed by atoms with Gasteiger partial charge in [0.2, 0.25) is 0 Å². The summed E-state index contributed by atoms with van der Waals surface area (Å²) in [6.07, 6.45) is -6.20. The van der Waals surface area contributed by atoms with E-state index in [0.717, 1.165) is 12.1 Å². The first-order valence-electron chi connectivity index (χ1n) is 13.1. The van der Waals surface area contributed by atoms with Gasteiger partial charge >= 0.3 is 18.3 Å². The van der Waals surface area contributed by atoms with Crippen LogP contribution in [0, 0.1) is 13.8 Å².